The van der Waals surface area contributed by atoms with E-state index in [-0.39, 0.29) is 5.56 Å². The summed E-state index contributed by atoms with van der Waals surface area (Å²) in [5.74, 6) is -14.1. The summed E-state index contributed by atoms with van der Waals surface area (Å²) >= 11 is -3.30. The maximum absolute atomic E-state index is 14.7. The third-order valence-electron chi connectivity index (χ3n) is 15.5. The van der Waals surface area contributed by atoms with Crippen LogP contribution < -0.4 is 35.9 Å². The first-order valence-corrected chi connectivity index (χ1v) is 29.2. The Labute approximate surface area is 505 Å². The first-order valence-electron chi connectivity index (χ1n) is 28.2. The molecule has 31 heteroatoms. The van der Waals surface area contributed by atoms with E-state index in [1.54, 1.807) is 30.3 Å². The molecule has 16 atom stereocenters. The molecule has 30 nitrogen and oxygen atoms in total. The fourth-order valence-corrected chi connectivity index (χ4v) is 10.9. The van der Waals surface area contributed by atoms with E-state index in [4.69, 9.17) is 15.0 Å². The molecule has 1 aromatic heterocycles. The number of Topliss-reactive ketones (excluding diaryl/α,β-unsaturated/α-hetero) is 1. The third kappa shape index (κ3) is 16.4. The zero-order valence-electron chi connectivity index (χ0n) is 47.8. The number of phenolic OH excluding ortho intramolecular Hbond substituents is 1. The minimum absolute atomic E-state index is 0.0907. The monoisotopic (exact) mass is 1250 g/mol. The van der Waals surface area contributed by atoms with Gasteiger partial charge >= 0.3 is 0 Å². The molecule has 3 aromatic carbocycles. The SMILES string of the molecule is CCCCCOc1ccc(-c2cc(-c3ccc(C(=O)NC4CC(O)C(O)NC(=O)C5C(O)C(C)CN5C(=O)C(C(O)CC(N)=O)NC(=O)C(C(O)C(O)c5ccc(O)c(OS(=O)[O-])c5)CC(=O)C5CC(O)CN5C(=O)C(C(C)O)NC4=O)cc3)no2)cc1. The summed E-state index contributed by atoms with van der Waals surface area (Å²) in [5.41, 5.74) is 6.38. The lowest BCUT2D eigenvalue weighted by Crippen LogP contribution is -2.61. The molecule has 88 heavy (non-hydrogen) atoms. The van der Waals surface area contributed by atoms with Crippen LogP contribution in [0, 0.1) is 11.8 Å². The summed E-state index contributed by atoms with van der Waals surface area (Å²) in [6.45, 7) is 3.89. The predicted molar refractivity (Wildman–Crippen MR) is 302 cm³/mol. The smallest absolute Gasteiger partial charge is 0.251 e. The highest BCUT2D eigenvalue weighted by Gasteiger charge is 2.51. The van der Waals surface area contributed by atoms with Crippen LogP contribution in [0.1, 0.15) is 87.7 Å². The van der Waals surface area contributed by atoms with Gasteiger partial charge in [-0.25, -0.2) is 4.21 Å². The van der Waals surface area contributed by atoms with E-state index in [1.807, 2.05) is 5.32 Å². The summed E-state index contributed by atoms with van der Waals surface area (Å²) < 4.78 is 38.7. The van der Waals surface area contributed by atoms with Crippen LogP contribution in [-0.4, -0.2) is 210 Å². The van der Waals surface area contributed by atoms with Crippen molar-refractivity contribution in [1.82, 2.24) is 36.2 Å². The normalized spacial score (nSPS) is 26.9. The Hall–Kier alpha value is -7.98. The Morgan fingerprint density at radius 3 is 2.15 bits per heavy atom. The van der Waals surface area contributed by atoms with Gasteiger partial charge in [0.25, 0.3) is 5.91 Å². The molecule has 3 aliphatic rings. The molecule has 478 valence electrons. The number of amides is 7. The highest BCUT2D eigenvalue weighted by Crippen LogP contribution is 2.35. The van der Waals surface area contributed by atoms with Crippen molar-refractivity contribution in [3.05, 3.63) is 83.9 Å². The highest BCUT2D eigenvalue weighted by molar-refractivity contribution is 7.74. The molecule has 15 N–H and O–H groups in total. The van der Waals surface area contributed by atoms with Crippen LogP contribution in [0.4, 0.5) is 0 Å². The van der Waals surface area contributed by atoms with Crippen molar-refractivity contribution in [3.63, 3.8) is 0 Å². The fourth-order valence-electron chi connectivity index (χ4n) is 10.6. The van der Waals surface area contributed by atoms with E-state index < -0.39 is 205 Å². The lowest BCUT2D eigenvalue weighted by atomic mass is 9.86. The number of ether oxygens (including phenoxy) is 1. The van der Waals surface area contributed by atoms with E-state index in [2.05, 4.69) is 32.2 Å². The van der Waals surface area contributed by atoms with Gasteiger partial charge < -0.3 is 101 Å². The number of carbonyl (C=O) groups is 8. The van der Waals surface area contributed by atoms with Gasteiger partial charge in [-0.1, -0.05) is 50.0 Å². The molecule has 4 heterocycles. The van der Waals surface area contributed by atoms with Crippen LogP contribution >= 0.6 is 0 Å². The number of fused-ring (bicyclic) bond motifs is 2. The lowest BCUT2D eigenvalue weighted by Gasteiger charge is -2.34. The van der Waals surface area contributed by atoms with Crippen molar-refractivity contribution >= 4 is 58.5 Å². The second kappa shape index (κ2) is 29.8. The van der Waals surface area contributed by atoms with Crippen LogP contribution in [-0.2, 0) is 44.9 Å². The van der Waals surface area contributed by atoms with Gasteiger partial charge in [0.05, 0.1) is 55.5 Å². The number of aromatic nitrogens is 1. The minimum Gasteiger partial charge on any atom is -0.740 e. The number of hydrogen-bond acceptors (Lipinski definition) is 23. The number of aromatic hydroxyl groups is 1. The van der Waals surface area contributed by atoms with E-state index >= 15 is 0 Å². The van der Waals surface area contributed by atoms with Crippen LogP contribution in [0.3, 0.4) is 0 Å². The second-order valence-electron chi connectivity index (χ2n) is 22.0. The van der Waals surface area contributed by atoms with Gasteiger partial charge in [0.15, 0.2) is 29.3 Å². The number of nitrogens with one attached hydrogen (secondary N) is 4. The molecule has 0 aliphatic carbocycles. The summed E-state index contributed by atoms with van der Waals surface area (Å²) in [6.07, 6.45) is -17.8. The minimum atomic E-state index is -3.30. The van der Waals surface area contributed by atoms with Crippen LogP contribution in [0.2, 0.25) is 0 Å². The topological polar surface area (TPSA) is 484 Å². The molecular weight excluding hydrogens is 1180 g/mol. The molecule has 7 amide bonds. The maximum Gasteiger partial charge on any atom is 0.251 e. The second-order valence-corrected chi connectivity index (χ2v) is 22.6. The summed E-state index contributed by atoms with van der Waals surface area (Å²) in [5, 5.41) is 114. The number of carbonyl (C=O) groups excluding carboxylic acids is 8. The van der Waals surface area contributed by atoms with Crippen molar-refractivity contribution in [2.24, 2.45) is 17.6 Å². The molecule has 3 saturated heterocycles. The van der Waals surface area contributed by atoms with Gasteiger partial charge in [-0.15, -0.1) is 0 Å². The first-order chi connectivity index (χ1) is 41.7. The number of benzene rings is 3. The third-order valence-corrected chi connectivity index (χ3v) is 15.8. The van der Waals surface area contributed by atoms with E-state index in [0.717, 1.165) is 49.3 Å². The number of aliphatic hydroxyl groups is 8. The largest absolute Gasteiger partial charge is 0.740 e. The molecular formula is C57H71N8O22S-. The Kier molecular flexibility index (Phi) is 22.9. The van der Waals surface area contributed by atoms with Gasteiger partial charge in [-0.05, 0) is 67.4 Å². The number of rotatable bonds is 18. The molecule has 3 aliphatic heterocycles. The average Bonchev–Trinajstić information content (AvgIpc) is 2.06. The molecule has 0 bridgehead atoms. The number of hydrogen-bond donors (Lipinski definition) is 14. The van der Waals surface area contributed by atoms with Gasteiger partial charge in [-0.2, -0.15) is 0 Å². The Balaban J connectivity index is 1.22. The molecule has 4 aromatic rings. The van der Waals surface area contributed by atoms with Crippen molar-refractivity contribution in [3.8, 4) is 39.8 Å². The van der Waals surface area contributed by atoms with E-state index in [9.17, 15) is 93.1 Å². The molecule has 0 spiro atoms. The lowest BCUT2D eigenvalue weighted by molar-refractivity contribution is -0.150. The van der Waals surface area contributed by atoms with Gasteiger partial charge in [-0.3, -0.25) is 38.4 Å². The number of ketones is 1. The fraction of sp³-hybridized carbons (Fsp3) is 0.491. The molecule has 16 unspecified atom stereocenters. The van der Waals surface area contributed by atoms with Crippen molar-refractivity contribution in [2.45, 2.75) is 145 Å². The van der Waals surface area contributed by atoms with Gasteiger partial charge in [0.2, 0.25) is 35.4 Å². The number of primary amides is 1. The molecule has 0 saturated carbocycles. The predicted octanol–water partition coefficient (Wildman–Crippen LogP) is -2.82. The first kappa shape index (κ1) is 67.5. The standard InChI is InChI=1S/C57H72N8O22S/c1-4-5-6-17-85-33-14-11-29(12-15-33)42-22-35(63-86-42)28-7-9-30(10-8-28)51(76)59-36-21-41(71)54(79)62-55(80)47-48(73)26(2)24-65(47)57(82)46(40(70)23-44(58)72)61-52(77)34(50(75)49(74)31-13-16-38(68)43(18-31)87-88(83)84)20-39(69)37-19-32(67)25-64(37)56(81)45(27(3)66)60-53(36)78/h7-16,18,22,26-27,32,34,36-37,40-41,45-50,54,66-68,70-71,73-75,79H,4-6,17,19-21,23-25H2,1-3H3,(H2,58,72)(H,59,76)(H,60,78)(H,61,77)(H,62,80)(H,83,84)/p-1. The van der Waals surface area contributed by atoms with E-state index in [1.165, 1.54) is 31.2 Å². The van der Waals surface area contributed by atoms with Crippen LogP contribution in [0.15, 0.2) is 77.3 Å². The average molecular weight is 1250 g/mol. The quantitative estimate of drug-likeness (QED) is 0.0353. The summed E-state index contributed by atoms with van der Waals surface area (Å²) in [4.78, 5) is 115. The summed E-state index contributed by atoms with van der Waals surface area (Å²) in [6, 6.07) is 6.91. The number of aliphatic hydroxyl groups excluding tert-OH is 8. The van der Waals surface area contributed by atoms with Gasteiger partial charge in [0, 0.05) is 61.0 Å². The molecule has 7 rings (SSSR count). The Morgan fingerprint density at radius 1 is 0.841 bits per heavy atom. The van der Waals surface area contributed by atoms with Crippen molar-refractivity contribution in [2.75, 3.05) is 19.7 Å². The Bertz CT molecular complexity index is 3190. The van der Waals surface area contributed by atoms with Gasteiger partial charge in [0.1, 0.15) is 59.2 Å². The number of unbranched alkanes of at least 4 members (excludes halogenated alkanes) is 2. The highest BCUT2D eigenvalue weighted by atomic mass is 32.2. The zero-order valence-corrected chi connectivity index (χ0v) is 48.6. The number of nitrogens with two attached hydrogens (primary N) is 1. The number of nitrogens with zero attached hydrogens (tertiary/aromatic N) is 3. The molecule has 3 fully saturated rings. The summed E-state index contributed by atoms with van der Waals surface area (Å²) in [7, 11) is 0. The van der Waals surface area contributed by atoms with Crippen LogP contribution in [0.25, 0.3) is 22.6 Å². The number of phenols is 1. The molecule has 0 radical (unpaired) electrons. The Morgan fingerprint density at radius 2 is 1.50 bits per heavy atom. The van der Waals surface area contributed by atoms with Crippen LogP contribution in [0.5, 0.6) is 17.2 Å². The van der Waals surface area contributed by atoms with Crippen molar-refractivity contribution < 1.29 is 107 Å². The van der Waals surface area contributed by atoms with Crippen molar-refractivity contribution in [1.29, 1.82) is 0 Å². The zero-order chi connectivity index (χ0) is 64.4. The maximum atomic E-state index is 14.7. The van der Waals surface area contributed by atoms with E-state index in [0.29, 0.717) is 39.8 Å².